The van der Waals surface area contributed by atoms with Crippen molar-refractivity contribution in [2.75, 3.05) is 25.4 Å². The van der Waals surface area contributed by atoms with Gasteiger partial charge in [-0.2, -0.15) is 0 Å². The summed E-state index contributed by atoms with van der Waals surface area (Å²) in [6.07, 6.45) is 7.52. The maximum atomic E-state index is 13.2. The van der Waals surface area contributed by atoms with Gasteiger partial charge in [0.15, 0.2) is 0 Å². The zero-order valence-corrected chi connectivity index (χ0v) is 17.7. The number of carbonyl (C=O) groups excluding carboxylic acids is 2. The summed E-state index contributed by atoms with van der Waals surface area (Å²) in [4.78, 5) is 29.5. The van der Waals surface area contributed by atoms with E-state index in [1.165, 1.54) is 19.3 Å². The first-order valence-corrected chi connectivity index (χ1v) is 11.7. The first-order chi connectivity index (χ1) is 13.6. The normalized spacial score (nSPS) is 22.5. The van der Waals surface area contributed by atoms with Gasteiger partial charge in [0, 0.05) is 31.4 Å². The van der Waals surface area contributed by atoms with E-state index in [9.17, 15) is 9.59 Å². The van der Waals surface area contributed by atoms with Crippen LogP contribution < -0.4 is 5.32 Å². The van der Waals surface area contributed by atoms with Crippen molar-refractivity contribution in [3.8, 4) is 0 Å². The minimum atomic E-state index is -0.210. The molecule has 2 saturated heterocycles. The topological polar surface area (TPSA) is 52.7 Å². The molecule has 0 atom stereocenters. The van der Waals surface area contributed by atoms with Crippen LogP contribution in [0.25, 0.3) is 0 Å². The van der Waals surface area contributed by atoms with Gasteiger partial charge in [-0.3, -0.25) is 4.79 Å². The Hall–Kier alpha value is -1.40. The Morgan fingerprint density at radius 3 is 2.50 bits per heavy atom. The van der Waals surface area contributed by atoms with Crippen LogP contribution in [0.5, 0.6) is 0 Å². The fourth-order valence-corrected chi connectivity index (χ4v) is 6.33. The summed E-state index contributed by atoms with van der Waals surface area (Å²) in [5.41, 5.74) is 0.573. The molecule has 1 aromatic rings. The number of likely N-dealkylation sites (tertiary alicyclic amines) is 1. The molecule has 3 aliphatic rings. The van der Waals surface area contributed by atoms with Gasteiger partial charge in [-0.25, -0.2) is 4.79 Å². The summed E-state index contributed by atoms with van der Waals surface area (Å²) in [5.74, 6) is 0.945. The summed E-state index contributed by atoms with van der Waals surface area (Å²) in [7, 11) is 0. The molecular weight excluding hydrogens is 394 g/mol. The van der Waals surface area contributed by atoms with Crippen molar-refractivity contribution in [3.05, 3.63) is 34.9 Å². The van der Waals surface area contributed by atoms with Gasteiger partial charge in [-0.05, 0) is 37.8 Å². The molecule has 0 bridgehead atoms. The van der Waals surface area contributed by atoms with Gasteiger partial charge >= 0.3 is 6.03 Å². The second kappa shape index (κ2) is 8.54. The average Bonchev–Trinajstić information content (AvgIpc) is 3.12. The molecule has 0 aromatic heterocycles. The second-order valence-corrected chi connectivity index (χ2v) is 9.87. The number of rotatable bonds is 2. The first-order valence-electron chi connectivity index (χ1n) is 10.3. The number of thioether (sulfide) groups is 1. The molecule has 0 unspecified atom stereocenters. The summed E-state index contributed by atoms with van der Waals surface area (Å²) in [6, 6.07) is 7.66. The largest absolute Gasteiger partial charge is 0.335 e. The molecule has 1 aliphatic carbocycles. The number of amides is 3. The molecule has 1 aromatic carbocycles. The molecule has 152 valence electrons. The van der Waals surface area contributed by atoms with Gasteiger partial charge in [-0.15, -0.1) is 11.8 Å². The number of carbonyl (C=O) groups is 2. The van der Waals surface area contributed by atoms with Crippen molar-refractivity contribution < 1.29 is 9.59 Å². The van der Waals surface area contributed by atoms with Crippen molar-refractivity contribution in [2.24, 2.45) is 0 Å². The van der Waals surface area contributed by atoms with E-state index in [1.807, 2.05) is 33.7 Å². The Morgan fingerprint density at radius 2 is 1.79 bits per heavy atom. The summed E-state index contributed by atoms with van der Waals surface area (Å²) >= 11 is 8.12. The van der Waals surface area contributed by atoms with Crippen molar-refractivity contribution in [1.29, 1.82) is 0 Å². The Labute approximate surface area is 176 Å². The van der Waals surface area contributed by atoms with E-state index in [0.29, 0.717) is 29.7 Å². The highest BCUT2D eigenvalue weighted by molar-refractivity contribution is 8.00. The molecule has 1 saturated carbocycles. The highest BCUT2D eigenvalue weighted by Gasteiger charge is 2.47. The number of hydrogen-bond donors (Lipinski definition) is 1. The monoisotopic (exact) mass is 421 g/mol. The highest BCUT2D eigenvalue weighted by atomic mass is 35.5. The Morgan fingerprint density at radius 1 is 1.07 bits per heavy atom. The van der Waals surface area contributed by atoms with Crippen molar-refractivity contribution >= 4 is 35.3 Å². The lowest BCUT2D eigenvalue weighted by atomic mass is 9.95. The van der Waals surface area contributed by atoms with Crippen molar-refractivity contribution in [1.82, 2.24) is 15.1 Å². The molecule has 1 N–H and O–H groups in total. The van der Waals surface area contributed by atoms with Gasteiger partial charge in [0.25, 0.3) is 5.91 Å². The van der Waals surface area contributed by atoms with Crippen molar-refractivity contribution in [2.45, 2.75) is 55.9 Å². The minimum absolute atomic E-state index is 0.00991. The van der Waals surface area contributed by atoms with Gasteiger partial charge in [0.2, 0.25) is 0 Å². The number of halogens is 1. The average molecular weight is 422 g/mol. The fraction of sp³-hybridized carbons (Fsp3) is 0.619. The predicted molar refractivity (Wildman–Crippen MR) is 114 cm³/mol. The summed E-state index contributed by atoms with van der Waals surface area (Å²) < 4.78 is 0. The zero-order valence-electron chi connectivity index (χ0n) is 16.2. The van der Waals surface area contributed by atoms with Crippen LogP contribution in [0.1, 0.15) is 55.3 Å². The SMILES string of the molecule is O=C(NC1CCCCC1)N1CCC2(CC1)SCCN2C(=O)c1ccccc1Cl. The van der Waals surface area contributed by atoms with Gasteiger partial charge in [0.1, 0.15) is 0 Å². The quantitative estimate of drug-likeness (QED) is 0.771. The molecule has 3 fully saturated rings. The van der Waals surface area contributed by atoms with Crippen LogP contribution in [0, 0.1) is 0 Å². The van der Waals surface area contributed by atoms with Crippen LogP contribution >= 0.6 is 23.4 Å². The lowest BCUT2D eigenvalue weighted by molar-refractivity contribution is 0.0579. The third-order valence-electron chi connectivity index (χ3n) is 6.29. The maximum absolute atomic E-state index is 13.2. The second-order valence-electron chi connectivity index (χ2n) is 8.00. The Bertz CT molecular complexity index is 730. The van der Waals surface area contributed by atoms with E-state index in [2.05, 4.69) is 5.32 Å². The molecule has 4 rings (SSSR count). The van der Waals surface area contributed by atoms with Crippen LogP contribution in [0.15, 0.2) is 24.3 Å². The number of nitrogens with zero attached hydrogens (tertiary/aromatic N) is 2. The zero-order chi connectivity index (χ0) is 19.6. The highest BCUT2D eigenvalue weighted by Crippen LogP contribution is 2.45. The molecule has 2 heterocycles. The number of nitrogens with one attached hydrogen (secondary N) is 1. The van der Waals surface area contributed by atoms with Gasteiger partial charge in [-0.1, -0.05) is 43.0 Å². The van der Waals surface area contributed by atoms with E-state index < -0.39 is 0 Å². The van der Waals surface area contributed by atoms with Crippen LogP contribution in [0.2, 0.25) is 5.02 Å². The molecule has 0 radical (unpaired) electrons. The summed E-state index contributed by atoms with van der Waals surface area (Å²) in [5, 5.41) is 3.72. The van der Waals surface area contributed by atoms with E-state index >= 15 is 0 Å². The first kappa shape index (κ1) is 19.9. The number of hydrogen-bond acceptors (Lipinski definition) is 3. The van der Waals surface area contributed by atoms with Crippen LogP contribution in [0.3, 0.4) is 0 Å². The molecule has 28 heavy (non-hydrogen) atoms. The molecule has 1 spiro atoms. The van der Waals surface area contributed by atoms with Crippen LogP contribution in [-0.4, -0.2) is 58.0 Å². The van der Waals surface area contributed by atoms with Crippen LogP contribution in [-0.2, 0) is 0 Å². The lowest BCUT2D eigenvalue weighted by Crippen LogP contribution is -2.56. The minimum Gasteiger partial charge on any atom is -0.335 e. The molecule has 5 nitrogen and oxygen atoms in total. The van der Waals surface area contributed by atoms with Gasteiger partial charge < -0.3 is 15.1 Å². The standard InChI is InChI=1S/C21H28ClN3O2S/c22-18-9-5-4-8-17(18)19(26)25-14-15-28-21(25)10-12-24(13-11-21)20(27)23-16-6-2-1-3-7-16/h4-5,8-9,16H,1-3,6-7,10-15H2,(H,23,27). The predicted octanol–water partition coefficient (Wildman–Crippen LogP) is 4.36. The Balaban J connectivity index is 1.39. The molecule has 2 aliphatic heterocycles. The Kier molecular flexibility index (Phi) is 6.07. The van der Waals surface area contributed by atoms with Crippen molar-refractivity contribution in [3.63, 3.8) is 0 Å². The van der Waals surface area contributed by atoms with E-state index in [1.54, 1.807) is 12.1 Å². The van der Waals surface area contributed by atoms with Gasteiger partial charge in [0.05, 0.1) is 15.5 Å². The molecule has 7 heteroatoms. The number of urea groups is 1. The molecule has 3 amide bonds. The van der Waals surface area contributed by atoms with Crippen LogP contribution in [0.4, 0.5) is 4.79 Å². The third-order valence-corrected chi connectivity index (χ3v) is 8.17. The van der Waals surface area contributed by atoms with E-state index in [4.69, 9.17) is 11.6 Å². The lowest BCUT2D eigenvalue weighted by Gasteiger charge is -2.44. The number of benzene rings is 1. The van der Waals surface area contributed by atoms with E-state index in [0.717, 1.165) is 38.0 Å². The smallest absolute Gasteiger partial charge is 0.317 e. The molecular formula is C21H28ClN3O2S. The third kappa shape index (κ3) is 3.99. The summed E-state index contributed by atoms with van der Waals surface area (Å²) in [6.45, 7) is 2.12. The van der Waals surface area contributed by atoms with E-state index in [-0.39, 0.29) is 16.8 Å². The fourth-order valence-electron chi connectivity index (χ4n) is 4.66. The maximum Gasteiger partial charge on any atom is 0.317 e. The number of piperidine rings is 1.